The Morgan fingerprint density at radius 1 is 1.12 bits per heavy atom. The Hall–Kier alpha value is -4.03. The van der Waals surface area contributed by atoms with Crippen molar-refractivity contribution in [1.82, 2.24) is 14.8 Å². The molecule has 2 N–H and O–H groups in total. The van der Waals surface area contributed by atoms with Crippen molar-refractivity contribution in [3.63, 3.8) is 0 Å². The number of hydrogen-bond acceptors (Lipinski definition) is 8. The molecule has 4 rings (SSSR count). The highest BCUT2D eigenvalue weighted by Crippen LogP contribution is 2.34. The summed E-state index contributed by atoms with van der Waals surface area (Å²) in [5.41, 5.74) is 1.18. The van der Waals surface area contributed by atoms with Gasteiger partial charge in [0.15, 0.2) is 0 Å². The molecule has 0 fully saturated rings. The third kappa shape index (κ3) is 4.33. The molecule has 0 saturated heterocycles. The predicted octanol–water partition coefficient (Wildman–Crippen LogP) is 2.58. The Balaban J connectivity index is 2.00. The van der Waals surface area contributed by atoms with Gasteiger partial charge in [0.2, 0.25) is 10.0 Å². The van der Waals surface area contributed by atoms with E-state index in [1.165, 1.54) is 31.2 Å². The van der Waals surface area contributed by atoms with Gasteiger partial charge in [0, 0.05) is 42.4 Å². The number of rotatable bonds is 7. The summed E-state index contributed by atoms with van der Waals surface area (Å²) < 4.78 is 37.0. The number of nitro benzene ring substituents is 1. The zero-order chi connectivity index (χ0) is 23.8. The highest BCUT2D eigenvalue weighted by Gasteiger charge is 2.26. The molecule has 0 saturated carbocycles. The van der Waals surface area contributed by atoms with Crippen molar-refractivity contribution in [3.8, 4) is 17.2 Å². The van der Waals surface area contributed by atoms with E-state index in [2.05, 4.69) is 10.1 Å². The largest absolute Gasteiger partial charge is 0.497 e. The second kappa shape index (κ2) is 8.48. The molecule has 4 aromatic rings. The molecular weight excluding hydrogens is 450 g/mol. The molecule has 0 amide bonds. The van der Waals surface area contributed by atoms with Gasteiger partial charge in [0.1, 0.15) is 21.9 Å². The van der Waals surface area contributed by atoms with Crippen LogP contribution in [0.15, 0.2) is 59.9 Å². The minimum absolute atomic E-state index is 0.0984. The second-order valence-electron chi connectivity index (χ2n) is 7.12. The van der Waals surface area contributed by atoms with Crippen molar-refractivity contribution in [1.29, 1.82) is 0 Å². The molecule has 2 aromatic heterocycles. The number of non-ortho nitro benzene ring substituents is 1. The first kappa shape index (κ1) is 22.2. The molecule has 0 spiro atoms. The van der Waals surface area contributed by atoms with E-state index in [0.717, 1.165) is 6.07 Å². The van der Waals surface area contributed by atoms with Crippen LogP contribution in [0.4, 0.5) is 5.69 Å². The van der Waals surface area contributed by atoms with Gasteiger partial charge in [0.05, 0.1) is 31.0 Å². The van der Waals surface area contributed by atoms with Crippen molar-refractivity contribution in [2.45, 2.75) is 11.3 Å². The Morgan fingerprint density at radius 2 is 1.91 bits per heavy atom. The lowest BCUT2D eigenvalue weighted by Crippen LogP contribution is -2.18. The summed E-state index contributed by atoms with van der Waals surface area (Å²) in [6.45, 7) is 0. The Kier molecular flexibility index (Phi) is 5.70. The van der Waals surface area contributed by atoms with Gasteiger partial charge in [0.25, 0.3) is 5.69 Å². The maximum absolute atomic E-state index is 12.5. The molecule has 0 radical (unpaired) electrons. The zero-order valence-corrected chi connectivity index (χ0v) is 18.4. The van der Waals surface area contributed by atoms with Crippen LogP contribution in [-0.2, 0) is 16.4 Å². The zero-order valence-electron chi connectivity index (χ0n) is 17.6. The molecule has 0 aliphatic carbocycles. The van der Waals surface area contributed by atoms with Crippen LogP contribution >= 0.6 is 0 Å². The molecule has 2 aromatic carbocycles. The van der Waals surface area contributed by atoms with E-state index in [9.17, 15) is 18.5 Å². The van der Waals surface area contributed by atoms with E-state index in [4.69, 9.17) is 14.6 Å². The van der Waals surface area contributed by atoms with E-state index in [1.807, 2.05) is 0 Å². The molecular formula is C21H19N5O6S. The minimum atomic E-state index is -4.35. The second-order valence-corrected chi connectivity index (χ2v) is 8.65. The number of fused-ring (bicyclic) bond motifs is 1. The third-order valence-corrected chi connectivity index (χ3v) is 5.99. The number of hydrogen-bond donors (Lipinski definition) is 1. The molecule has 0 aliphatic rings. The maximum Gasteiger partial charge on any atom is 0.271 e. The quantitative estimate of drug-likeness (QED) is 0.320. The van der Waals surface area contributed by atoms with Crippen LogP contribution in [0.2, 0.25) is 0 Å². The van der Waals surface area contributed by atoms with Crippen molar-refractivity contribution in [2.75, 3.05) is 14.2 Å². The fourth-order valence-electron chi connectivity index (χ4n) is 3.55. The Morgan fingerprint density at radius 3 is 2.55 bits per heavy atom. The van der Waals surface area contributed by atoms with Crippen molar-refractivity contribution >= 4 is 26.6 Å². The number of ether oxygens (including phenoxy) is 2. The van der Waals surface area contributed by atoms with E-state index < -0.39 is 25.5 Å². The molecule has 0 aliphatic heterocycles. The number of primary sulfonamides is 1. The lowest BCUT2D eigenvalue weighted by atomic mass is 10.0. The average molecular weight is 469 g/mol. The van der Waals surface area contributed by atoms with Crippen molar-refractivity contribution in [2.24, 2.45) is 5.14 Å². The van der Waals surface area contributed by atoms with Crippen LogP contribution < -0.4 is 14.6 Å². The number of nitro groups is 1. The van der Waals surface area contributed by atoms with Crippen LogP contribution in [0.5, 0.6) is 11.5 Å². The standard InChI is InChI=1S/C21H19N5O6S/c1-31-17-4-3-13(19(10-17)32-2)7-15-8-16(26(27)28)9-20(33(22,29)30)21(15)25-12-14-5-6-23-11-18(14)24-25/h3-6,8-12H,7H2,1-2H3,(H2,22,29,30). The highest BCUT2D eigenvalue weighted by molar-refractivity contribution is 7.89. The van der Waals surface area contributed by atoms with Crippen LogP contribution in [0, 0.1) is 10.1 Å². The lowest BCUT2D eigenvalue weighted by Gasteiger charge is -2.16. The normalized spacial score (nSPS) is 11.5. The fraction of sp³-hybridized carbons (Fsp3) is 0.143. The molecule has 11 nitrogen and oxygen atoms in total. The Bertz CT molecular complexity index is 1450. The van der Waals surface area contributed by atoms with Gasteiger partial charge in [-0.1, -0.05) is 6.07 Å². The number of nitrogens with two attached hydrogens (primary N) is 1. The van der Waals surface area contributed by atoms with Gasteiger partial charge in [-0.2, -0.15) is 5.10 Å². The van der Waals surface area contributed by atoms with Crippen LogP contribution in [-0.4, -0.2) is 42.3 Å². The smallest absolute Gasteiger partial charge is 0.271 e. The molecule has 2 heterocycles. The highest BCUT2D eigenvalue weighted by atomic mass is 32.2. The van der Waals surface area contributed by atoms with Crippen molar-refractivity contribution < 1.29 is 22.8 Å². The van der Waals surface area contributed by atoms with E-state index in [1.54, 1.807) is 36.7 Å². The number of methoxy groups -OCH3 is 2. The van der Waals surface area contributed by atoms with Crippen LogP contribution in [0.1, 0.15) is 11.1 Å². The first-order valence-corrected chi connectivity index (χ1v) is 11.1. The summed E-state index contributed by atoms with van der Waals surface area (Å²) in [5.74, 6) is 1.03. The van der Waals surface area contributed by atoms with Gasteiger partial charge in [-0.25, -0.2) is 18.2 Å². The predicted molar refractivity (Wildman–Crippen MR) is 119 cm³/mol. The van der Waals surface area contributed by atoms with Gasteiger partial charge in [-0.05, 0) is 23.3 Å². The minimum Gasteiger partial charge on any atom is -0.497 e. The molecule has 0 unspecified atom stereocenters. The van der Waals surface area contributed by atoms with Crippen molar-refractivity contribution in [3.05, 3.63) is 76.2 Å². The number of benzene rings is 2. The number of aromatic nitrogens is 3. The third-order valence-electron chi connectivity index (χ3n) is 5.07. The monoisotopic (exact) mass is 469 g/mol. The molecule has 170 valence electrons. The van der Waals surface area contributed by atoms with E-state index >= 15 is 0 Å². The van der Waals surface area contributed by atoms with Gasteiger partial charge < -0.3 is 9.47 Å². The number of pyridine rings is 1. The van der Waals surface area contributed by atoms with E-state index in [0.29, 0.717) is 33.5 Å². The van der Waals surface area contributed by atoms with Gasteiger partial charge in [-0.15, -0.1) is 0 Å². The van der Waals surface area contributed by atoms with E-state index in [-0.39, 0.29) is 12.1 Å². The maximum atomic E-state index is 12.5. The molecule has 33 heavy (non-hydrogen) atoms. The number of nitrogens with zero attached hydrogens (tertiary/aromatic N) is 4. The summed E-state index contributed by atoms with van der Waals surface area (Å²) in [4.78, 5) is 14.5. The Labute approximate surface area is 188 Å². The lowest BCUT2D eigenvalue weighted by molar-refractivity contribution is -0.385. The first-order chi connectivity index (χ1) is 15.7. The van der Waals surface area contributed by atoms with Gasteiger partial charge in [-0.3, -0.25) is 15.1 Å². The summed E-state index contributed by atoms with van der Waals surface area (Å²) in [6, 6.07) is 9.07. The first-order valence-electron chi connectivity index (χ1n) is 9.56. The van der Waals surface area contributed by atoms with Gasteiger partial charge >= 0.3 is 0 Å². The van der Waals surface area contributed by atoms with Crippen LogP contribution in [0.3, 0.4) is 0 Å². The summed E-state index contributed by atoms with van der Waals surface area (Å²) in [6.07, 6.45) is 4.82. The topological polar surface area (TPSA) is 152 Å². The number of sulfonamides is 1. The van der Waals surface area contributed by atoms with Crippen LogP contribution in [0.25, 0.3) is 16.6 Å². The summed E-state index contributed by atoms with van der Waals surface area (Å²) in [5, 5.41) is 22.2. The SMILES string of the molecule is COc1ccc(Cc2cc([N+](=O)[O-])cc(S(N)(=O)=O)c2-n2cc3ccncc3n2)c(OC)c1. The molecule has 0 bridgehead atoms. The summed E-state index contributed by atoms with van der Waals surface area (Å²) >= 11 is 0. The fourth-order valence-corrected chi connectivity index (χ4v) is 4.33. The average Bonchev–Trinajstić information content (AvgIpc) is 3.22. The molecule has 0 atom stereocenters. The summed E-state index contributed by atoms with van der Waals surface area (Å²) in [7, 11) is -1.35. The molecule has 12 heteroatoms.